The summed E-state index contributed by atoms with van der Waals surface area (Å²) in [6.07, 6.45) is 17.6. The first-order chi connectivity index (χ1) is 35.2. The Morgan fingerprint density at radius 3 is 1.12 bits per heavy atom. The maximum absolute atomic E-state index is 14.4. The standard InChI is InChI=1S/C66H62N2O4/c1-41-18-22-43(23-19-41)49-28-33-55-60(36-49)65(71)67(63(55)69)52-30-26-48(27-31-52)62-58(46-14-8-4-9-15-46)38-51(39-59(62)47-16-10-5-11-17-47)54-35-32-53(40-57(54)45-12-6-3-7-13-45)68-64(70)56-34-29-50(37-61(56)66(68)72)44-24-20-42(2)21-25-44/h18-40,45-47H,3-17H2,1-2H3. The monoisotopic (exact) mass is 946 g/mol. The first-order valence-corrected chi connectivity index (χ1v) is 26.8. The molecule has 0 N–H and O–H groups in total. The zero-order valence-electron chi connectivity index (χ0n) is 41.6. The van der Waals surface area contributed by atoms with Crippen molar-refractivity contribution in [1.82, 2.24) is 0 Å². The Bertz CT molecular complexity index is 3240. The largest absolute Gasteiger partial charge is 0.268 e. The molecule has 0 aromatic heterocycles. The second-order valence-corrected chi connectivity index (χ2v) is 21.5. The summed E-state index contributed by atoms with van der Waals surface area (Å²) in [6, 6.07) is 47.4. The number of aryl methyl sites for hydroxylation is 2. The minimum Gasteiger partial charge on any atom is -0.268 e. The highest BCUT2D eigenvalue weighted by atomic mass is 16.2. The summed E-state index contributed by atoms with van der Waals surface area (Å²) in [7, 11) is 0. The van der Waals surface area contributed by atoms with E-state index in [1.807, 2.05) is 48.5 Å². The van der Waals surface area contributed by atoms with Crippen LogP contribution in [0.2, 0.25) is 0 Å². The zero-order chi connectivity index (χ0) is 49.0. The van der Waals surface area contributed by atoms with Gasteiger partial charge in [-0.3, -0.25) is 19.2 Å². The first kappa shape index (κ1) is 45.9. The van der Waals surface area contributed by atoms with E-state index in [2.05, 4.69) is 98.8 Å². The lowest BCUT2D eigenvalue weighted by Gasteiger charge is -2.32. The summed E-state index contributed by atoms with van der Waals surface area (Å²) in [4.78, 5) is 59.6. The molecule has 0 saturated heterocycles. The van der Waals surface area contributed by atoms with Gasteiger partial charge in [-0.15, -0.1) is 0 Å². The quantitative estimate of drug-likeness (QED) is 0.135. The van der Waals surface area contributed by atoms with Crippen LogP contribution in [0, 0.1) is 13.8 Å². The van der Waals surface area contributed by atoms with Gasteiger partial charge in [0.05, 0.1) is 33.6 Å². The third kappa shape index (κ3) is 8.32. The Balaban J connectivity index is 0.935. The van der Waals surface area contributed by atoms with Gasteiger partial charge >= 0.3 is 0 Å². The minimum absolute atomic E-state index is 0.266. The van der Waals surface area contributed by atoms with Crippen LogP contribution in [0.3, 0.4) is 0 Å². The zero-order valence-corrected chi connectivity index (χ0v) is 41.6. The van der Waals surface area contributed by atoms with Crippen LogP contribution in [0.25, 0.3) is 44.5 Å². The number of fused-ring (bicyclic) bond motifs is 2. The van der Waals surface area contributed by atoms with Crippen molar-refractivity contribution in [3.8, 4) is 44.5 Å². The molecule has 6 heteroatoms. The molecule has 0 unspecified atom stereocenters. The van der Waals surface area contributed by atoms with Crippen LogP contribution in [0.4, 0.5) is 11.4 Å². The molecule has 0 radical (unpaired) electrons. The van der Waals surface area contributed by atoms with Gasteiger partial charge in [0.2, 0.25) is 0 Å². The highest BCUT2D eigenvalue weighted by molar-refractivity contribution is 6.35. The van der Waals surface area contributed by atoms with Crippen molar-refractivity contribution < 1.29 is 19.2 Å². The van der Waals surface area contributed by atoms with Gasteiger partial charge in [-0.1, -0.05) is 160 Å². The Morgan fingerprint density at radius 1 is 0.306 bits per heavy atom. The molecule has 0 spiro atoms. The molecular formula is C66H62N2O4. The number of carbonyl (C=O) groups excluding carboxylic acids is 4. The van der Waals surface area contributed by atoms with Crippen molar-refractivity contribution in [2.75, 3.05) is 9.80 Å². The van der Waals surface area contributed by atoms with Crippen LogP contribution in [-0.2, 0) is 0 Å². The third-order valence-corrected chi connectivity index (χ3v) is 16.9. The number of imide groups is 2. The number of amides is 4. The number of hydrogen-bond donors (Lipinski definition) is 0. The lowest BCUT2D eigenvalue weighted by molar-refractivity contribution is 0.0910. The fourth-order valence-electron chi connectivity index (χ4n) is 12.9. The van der Waals surface area contributed by atoms with Gasteiger partial charge in [-0.05, 0) is 180 Å². The van der Waals surface area contributed by atoms with Gasteiger partial charge in [-0.25, -0.2) is 9.80 Å². The van der Waals surface area contributed by atoms with Crippen molar-refractivity contribution in [2.45, 2.75) is 128 Å². The summed E-state index contributed by atoms with van der Waals surface area (Å²) in [6.45, 7) is 4.12. The van der Waals surface area contributed by atoms with Crippen LogP contribution in [-0.4, -0.2) is 23.6 Å². The van der Waals surface area contributed by atoms with Crippen LogP contribution < -0.4 is 9.80 Å². The molecule has 2 aliphatic heterocycles. The SMILES string of the molecule is Cc1ccc(-c2ccc3c(c2)C(=O)N(c2ccc(-c4c(C5CCCCC5)cc(-c5ccc(N6C(=O)c7ccc(-c8ccc(C)cc8)cc7C6=O)cc5C5CCCCC5)cc4C4CCCCC4)cc2)C3=O)cc1. The molecule has 3 saturated carbocycles. The van der Waals surface area contributed by atoms with Crippen molar-refractivity contribution in [3.05, 3.63) is 190 Å². The lowest BCUT2D eigenvalue weighted by atomic mass is 9.73. The molecule has 5 aliphatic rings. The van der Waals surface area contributed by atoms with Crippen LogP contribution in [0.1, 0.15) is 183 Å². The summed E-state index contributed by atoms with van der Waals surface area (Å²) >= 11 is 0. The highest BCUT2D eigenvalue weighted by Gasteiger charge is 2.39. The molecule has 3 aliphatic carbocycles. The van der Waals surface area contributed by atoms with Gasteiger partial charge < -0.3 is 0 Å². The van der Waals surface area contributed by atoms with Gasteiger partial charge in [0.25, 0.3) is 23.6 Å². The highest BCUT2D eigenvalue weighted by Crippen LogP contribution is 2.49. The summed E-state index contributed by atoms with van der Waals surface area (Å²) < 4.78 is 0. The van der Waals surface area contributed by atoms with Crippen molar-refractivity contribution in [3.63, 3.8) is 0 Å². The van der Waals surface area contributed by atoms with E-state index >= 15 is 0 Å². The average Bonchev–Trinajstić information content (AvgIpc) is 3.83. The Labute approximate surface area is 424 Å². The maximum Gasteiger partial charge on any atom is 0.266 e. The topological polar surface area (TPSA) is 74.8 Å². The summed E-state index contributed by atoms with van der Waals surface area (Å²) in [5, 5.41) is 0. The fraction of sp³-hybridized carbons (Fsp3) is 0.303. The van der Waals surface area contributed by atoms with E-state index in [4.69, 9.17) is 0 Å². The smallest absolute Gasteiger partial charge is 0.266 e. The number of rotatable bonds is 9. The van der Waals surface area contributed by atoms with E-state index < -0.39 is 0 Å². The van der Waals surface area contributed by atoms with Crippen LogP contribution >= 0.6 is 0 Å². The number of carbonyl (C=O) groups is 4. The molecule has 3 fully saturated rings. The maximum atomic E-state index is 14.4. The van der Waals surface area contributed by atoms with Gasteiger partial charge in [-0.2, -0.15) is 0 Å². The second-order valence-electron chi connectivity index (χ2n) is 21.5. The lowest BCUT2D eigenvalue weighted by Crippen LogP contribution is -2.29. The molecule has 360 valence electrons. The fourth-order valence-corrected chi connectivity index (χ4v) is 12.9. The predicted octanol–water partition coefficient (Wildman–Crippen LogP) is 16.7. The predicted molar refractivity (Wildman–Crippen MR) is 290 cm³/mol. The van der Waals surface area contributed by atoms with E-state index in [1.54, 1.807) is 6.07 Å². The van der Waals surface area contributed by atoms with Gasteiger partial charge in [0, 0.05) is 0 Å². The molecule has 0 atom stereocenters. The van der Waals surface area contributed by atoms with Crippen molar-refractivity contribution in [2.24, 2.45) is 0 Å². The van der Waals surface area contributed by atoms with E-state index in [0.29, 0.717) is 51.4 Å². The van der Waals surface area contributed by atoms with Gasteiger partial charge in [0.1, 0.15) is 0 Å². The normalized spacial score (nSPS) is 17.8. The molecule has 12 rings (SSSR count). The summed E-state index contributed by atoms with van der Waals surface area (Å²) in [5.74, 6) is 0.00119. The first-order valence-electron chi connectivity index (χ1n) is 26.8. The summed E-state index contributed by atoms with van der Waals surface area (Å²) in [5.41, 5.74) is 18.1. The Hall–Kier alpha value is -7.18. The Kier molecular flexibility index (Phi) is 12.2. The third-order valence-electron chi connectivity index (χ3n) is 16.9. The minimum atomic E-state index is -0.290. The number of anilines is 2. The molecule has 4 amide bonds. The number of hydrogen-bond acceptors (Lipinski definition) is 4. The van der Waals surface area contributed by atoms with Crippen molar-refractivity contribution in [1.29, 1.82) is 0 Å². The molecule has 2 heterocycles. The molecule has 72 heavy (non-hydrogen) atoms. The number of benzene rings is 7. The van der Waals surface area contributed by atoms with Crippen LogP contribution in [0.15, 0.2) is 140 Å². The van der Waals surface area contributed by atoms with E-state index in [1.165, 1.54) is 99.3 Å². The molecule has 7 aromatic carbocycles. The molecule has 0 bridgehead atoms. The van der Waals surface area contributed by atoms with Gasteiger partial charge in [0.15, 0.2) is 0 Å². The van der Waals surface area contributed by atoms with E-state index in [9.17, 15) is 19.2 Å². The van der Waals surface area contributed by atoms with E-state index in [0.717, 1.165) is 79.2 Å². The van der Waals surface area contributed by atoms with Crippen molar-refractivity contribution >= 4 is 35.0 Å². The Morgan fingerprint density at radius 2 is 0.667 bits per heavy atom. The molecule has 7 aromatic rings. The average molecular weight is 947 g/mol. The van der Waals surface area contributed by atoms with Crippen LogP contribution in [0.5, 0.6) is 0 Å². The second kappa shape index (κ2) is 19.1. The number of nitrogens with zero attached hydrogens (tertiary/aromatic N) is 2. The van der Waals surface area contributed by atoms with E-state index in [-0.39, 0.29) is 23.6 Å². The molecular weight excluding hydrogens is 885 g/mol. The molecule has 6 nitrogen and oxygen atoms in total.